The Labute approximate surface area is 129 Å². The molecule has 0 aliphatic heterocycles. The maximum Gasteiger partial charge on any atom is 0.241 e. The molecule has 7 nitrogen and oxygen atoms in total. The Kier molecular flexibility index (Phi) is 5.60. The van der Waals surface area contributed by atoms with E-state index in [9.17, 15) is 4.79 Å². The number of rotatable bonds is 7. The van der Waals surface area contributed by atoms with Gasteiger partial charge in [0.2, 0.25) is 17.6 Å². The van der Waals surface area contributed by atoms with E-state index in [1.807, 2.05) is 37.9 Å². The number of hydrogen-bond acceptors (Lipinski definition) is 6. The Morgan fingerprint density at radius 2 is 2.09 bits per heavy atom. The number of aromatic nitrogens is 3. The topological polar surface area (TPSA) is 75.4 Å². The minimum atomic E-state index is 0.0968. The van der Waals surface area contributed by atoms with Crippen molar-refractivity contribution in [3.8, 4) is 11.4 Å². The molecule has 0 fully saturated rings. The number of carbonyl (C=O) groups excluding carboxylic acids is 1. The third kappa shape index (κ3) is 4.11. The van der Waals surface area contributed by atoms with Crippen molar-refractivity contribution in [2.24, 2.45) is 0 Å². The average molecular weight is 303 g/mol. The molecule has 0 bridgehead atoms. The van der Waals surface area contributed by atoms with Gasteiger partial charge in [-0.15, -0.1) is 0 Å². The van der Waals surface area contributed by atoms with E-state index in [-0.39, 0.29) is 5.91 Å². The van der Waals surface area contributed by atoms with Crippen molar-refractivity contribution in [2.75, 3.05) is 26.7 Å². The number of amides is 1. The monoisotopic (exact) mass is 303 g/mol. The summed E-state index contributed by atoms with van der Waals surface area (Å²) in [4.78, 5) is 24.1. The fourth-order valence-electron chi connectivity index (χ4n) is 2.13. The standard InChI is InChI=1S/C15H21N5O2/c1-4-20(5-2)14(21)11-19(3)10-13-17-15(18-22-13)12-7-6-8-16-9-12/h6-9H,4-5,10-11H2,1-3H3. The second-order valence-electron chi connectivity index (χ2n) is 4.99. The normalized spacial score (nSPS) is 10.9. The maximum absolute atomic E-state index is 12.0. The summed E-state index contributed by atoms with van der Waals surface area (Å²) in [5, 5.41) is 3.94. The van der Waals surface area contributed by atoms with E-state index in [0.717, 1.165) is 18.7 Å². The summed E-state index contributed by atoms with van der Waals surface area (Å²) in [5.74, 6) is 1.08. The van der Waals surface area contributed by atoms with Gasteiger partial charge in [0.25, 0.3) is 0 Å². The highest BCUT2D eigenvalue weighted by atomic mass is 16.5. The van der Waals surface area contributed by atoms with Gasteiger partial charge in [-0.25, -0.2) is 0 Å². The van der Waals surface area contributed by atoms with Crippen molar-refractivity contribution >= 4 is 5.91 Å². The van der Waals surface area contributed by atoms with Gasteiger partial charge in [-0.05, 0) is 33.0 Å². The maximum atomic E-state index is 12.0. The predicted molar refractivity (Wildman–Crippen MR) is 81.8 cm³/mol. The summed E-state index contributed by atoms with van der Waals surface area (Å²) in [7, 11) is 1.86. The van der Waals surface area contributed by atoms with Crippen LogP contribution in [-0.4, -0.2) is 57.5 Å². The molecular weight excluding hydrogens is 282 g/mol. The predicted octanol–water partition coefficient (Wildman–Crippen LogP) is 1.43. The van der Waals surface area contributed by atoms with Crippen LogP contribution in [-0.2, 0) is 11.3 Å². The lowest BCUT2D eigenvalue weighted by Crippen LogP contribution is -2.38. The first kappa shape index (κ1) is 16.1. The molecule has 0 aliphatic rings. The minimum Gasteiger partial charge on any atom is -0.342 e. The Hall–Kier alpha value is -2.28. The van der Waals surface area contributed by atoms with Crippen LogP contribution in [0.1, 0.15) is 19.7 Å². The van der Waals surface area contributed by atoms with E-state index in [1.165, 1.54) is 0 Å². The highest BCUT2D eigenvalue weighted by Crippen LogP contribution is 2.14. The minimum absolute atomic E-state index is 0.0968. The molecule has 118 valence electrons. The molecule has 22 heavy (non-hydrogen) atoms. The molecule has 0 saturated heterocycles. The molecule has 0 spiro atoms. The van der Waals surface area contributed by atoms with Crippen LogP contribution in [0.3, 0.4) is 0 Å². The highest BCUT2D eigenvalue weighted by molar-refractivity contribution is 5.78. The third-order valence-electron chi connectivity index (χ3n) is 3.31. The molecule has 0 aliphatic carbocycles. The van der Waals surface area contributed by atoms with E-state index in [4.69, 9.17) is 4.52 Å². The van der Waals surface area contributed by atoms with Gasteiger partial charge in [-0.3, -0.25) is 14.7 Å². The van der Waals surface area contributed by atoms with Crippen molar-refractivity contribution in [1.82, 2.24) is 24.9 Å². The van der Waals surface area contributed by atoms with Gasteiger partial charge in [0.15, 0.2) is 0 Å². The second kappa shape index (κ2) is 7.65. The average Bonchev–Trinajstić information content (AvgIpc) is 2.97. The van der Waals surface area contributed by atoms with Gasteiger partial charge in [0, 0.05) is 31.0 Å². The van der Waals surface area contributed by atoms with Gasteiger partial charge in [0.1, 0.15) is 0 Å². The Morgan fingerprint density at radius 3 is 2.73 bits per heavy atom. The van der Waals surface area contributed by atoms with E-state index in [0.29, 0.717) is 24.8 Å². The molecule has 0 unspecified atom stereocenters. The Balaban J connectivity index is 1.94. The van der Waals surface area contributed by atoms with Gasteiger partial charge >= 0.3 is 0 Å². The largest absolute Gasteiger partial charge is 0.342 e. The molecule has 0 atom stereocenters. The van der Waals surface area contributed by atoms with Crippen LogP contribution < -0.4 is 0 Å². The van der Waals surface area contributed by atoms with E-state index >= 15 is 0 Å². The smallest absolute Gasteiger partial charge is 0.241 e. The lowest BCUT2D eigenvalue weighted by atomic mass is 10.3. The fraction of sp³-hybridized carbons (Fsp3) is 0.467. The van der Waals surface area contributed by atoms with Crippen molar-refractivity contribution in [2.45, 2.75) is 20.4 Å². The zero-order valence-corrected chi connectivity index (χ0v) is 13.2. The van der Waals surface area contributed by atoms with Gasteiger partial charge < -0.3 is 9.42 Å². The molecule has 2 aromatic heterocycles. The first-order valence-corrected chi connectivity index (χ1v) is 7.33. The van der Waals surface area contributed by atoms with E-state index < -0.39 is 0 Å². The van der Waals surface area contributed by atoms with E-state index in [2.05, 4.69) is 15.1 Å². The summed E-state index contributed by atoms with van der Waals surface area (Å²) in [6.45, 7) is 6.13. The molecular formula is C15H21N5O2. The first-order valence-electron chi connectivity index (χ1n) is 7.33. The zero-order chi connectivity index (χ0) is 15.9. The van der Waals surface area contributed by atoms with E-state index in [1.54, 1.807) is 17.3 Å². The first-order chi connectivity index (χ1) is 10.6. The molecule has 1 amide bonds. The van der Waals surface area contributed by atoms with Gasteiger partial charge in [0.05, 0.1) is 13.1 Å². The SMILES string of the molecule is CCN(CC)C(=O)CN(C)Cc1nc(-c2cccnc2)no1. The lowest BCUT2D eigenvalue weighted by Gasteiger charge is -2.22. The van der Waals surface area contributed by atoms with Crippen LogP contribution in [0, 0.1) is 0 Å². The molecule has 0 radical (unpaired) electrons. The number of nitrogens with zero attached hydrogens (tertiary/aromatic N) is 5. The molecule has 2 aromatic rings. The van der Waals surface area contributed by atoms with Crippen molar-refractivity contribution in [1.29, 1.82) is 0 Å². The van der Waals surface area contributed by atoms with Crippen LogP contribution >= 0.6 is 0 Å². The van der Waals surface area contributed by atoms with Crippen LogP contribution in [0.2, 0.25) is 0 Å². The van der Waals surface area contributed by atoms with Crippen LogP contribution in [0.25, 0.3) is 11.4 Å². The molecule has 7 heteroatoms. The summed E-state index contributed by atoms with van der Waals surface area (Å²) in [5.41, 5.74) is 0.805. The van der Waals surface area contributed by atoms with Crippen molar-refractivity contribution < 1.29 is 9.32 Å². The van der Waals surface area contributed by atoms with Gasteiger partial charge in [-0.2, -0.15) is 4.98 Å². The summed E-state index contributed by atoms with van der Waals surface area (Å²) in [6, 6.07) is 3.69. The zero-order valence-electron chi connectivity index (χ0n) is 13.2. The Bertz CT molecular complexity index is 595. The highest BCUT2D eigenvalue weighted by Gasteiger charge is 2.15. The number of carbonyl (C=O) groups is 1. The van der Waals surface area contributed by atoms with Crippen LogP contribution in [0.4, 0.5) is 0 Å². The van der Waals surface area contributed by atoms with Crippen LogP contribution in [0.5, 0.6) is 0 Å². The van der Waals surface area contributed by atoms with Crippen LogP contribution in [0.15, 0.2) is 29.0 Å². The molecule has 0 N–H and O–H groups in total. The second-order valence-corrected chi connectivity index (χ2v) is 4.99. The van der Waals surface area contributed by atoms with Gasteiger partial charge in [-0.1, -0.05) is 5.16 Å². The molecule has 0 aromatic carbocycles. The number of pyridine rings is 1. The van der Waals surface area contributed by atoms with Crippen molar-refractivity contribution in [3.63, 3.8) is 0 Å². The molecule has 2 rings (SSSR count). The lowest BCUT2D eigenvalue weighted by molar-refractivity contribution is -0.131. The third-order valence-corrected chi connectivity index (χ3v) is 3.31. The number of hydrogen-bond donors (Lipinski definition) is 0. The Morgan fingerprint density at radius 1 is 1.32 bits per heavy atom. The summed E-state index contributed by atoms with van der Waals surface area (Å²) < 4.78 is 5.23. The summed E-state index contributed by atoms with van der Waals surface area (Å²) >= 11 is 0. The fourth-order valence-corrected chi connectivity index (χ4v) is 2.13. The molecule has 2 heterocycles. The quantitative estimate of drug-likeness (QED) is 0.770. The number of likely N-dealkylation sites (N-methyl/N-ethyl adjacent to an activating group) is 2. The van der Waals surface area contributed by atoms with Crippen molar-refractivity contribution in [3.05, 3.63) is 30.4 Å². The summed E-state index contributed by atoms with van der Waals surface area (Å²) in [6.07, 6.45) is 3.37. The molecule has 0 saturated carbocycles.